The third-order valence-corrected chi connectivity index (χ3v) is 1.79. The first-order valence-corrected chi connectivity index (χ1v) is 3.92. The van der Waals surface area contributed by atoms with Crippen molar-refractivity contribution in [3.8, 4) is 0 Å². The number of Topliss-reactive ketones (excluding diaryl/α,β-unsaturated/α-hetero) is 1. The van der Waals surface area contributed by atoms with Gasteiger partial charge in [0.2, 0.25) is 0 Å². The highest BCUT2D eigenvalue weighted by atomic mass is 16.4. The minimum absolute atomic E-state index is 0.0152. The molecule has 14 heavy (non-hydrogen) atoms. The largest absolute Gasteiger partial charge is 0.478 e. The van der Waals surface area contributed by atoms with Gasteiger partial charge in [-0.3, -0.25) is 4.79 Å². The number of rotatable bonds is 3. The number of carbonyl (C=O) groups excluding carboxylic acids is 1. The van der Waals surface area contributed by atoms with Gasteiger partial charge in [-0.05, 0) is 12.1 Å². The van der Waals surface area contributed by atoms with Crippen LogP contribution in [0.25, 0.3) is 0 Å². The van der Waals surface area contributed by atoms with Gasteiger partial charge < -0.3 is 16.6 Å². The lowest BCUT2D eigenvalue weighted by Gasteiger charge is -2.02. The molecule has 0 aliphatic rings. The Morgan fingerprint density at radius 1 is 1.36 bits per heavy atom. The van der Waals surface area contributed by atoms with Crippen molar-refractivity contribution in [2.75, 3.05) is 12.3 Å². The summed E-state index contributed by atoms with van der Waals surface area (Å²) in [5.74, 6) is -1.39. The summed E-state index contributed by atoms with van der Waals surface area (Å²) >= 11 is 0. The first kappa shape index (κ1) is 10.2. The quantitative estimate of drug-likeness (QED) is 0.467. The number of carboxylic acids is 1. The second kappa shape index (κ2) is 3.89. The fourth-order valence-electron chi connectivity index (χ4n) is 1.05. The molecular formula is C9H10N2O3. The van der Waals surface area contributed by atoms with Crippen LogP contribution in [0, 0.1) is 0 Å². The van der Waals surface area contributed by atoms with Gasteiger partial charge in [0.1, 0.15) is 0 Å². The molecule has 0 saturated heterocycles. The molecule has 1 aromatic carbocycles. The molecule has 0 bridgehead atoms. The highest BCUT2D eigenvalue weighted by Crippen LogP contribution is 2.14. The number of benzene rings is 1. The Bertz CT molecular complexity index is 388. The molecule has 0 amide bonds. The summed E-state index contributed by atoms with van der Waals surface area (Å²) < 4.78 is 0. The molecule has 0 aromatic heterocycles. The van der Waals surface area contributed by atoms with Gasteiger partial charge in [0, 0.05) is 11.3 Å². The van der Waals surface area contributed by atoms with Gasteiger partial charge in [0.05, 0.1) is 12.1 Å². The van der Waals surface area contributed by atoms with Gasteiger partial charge in [-0.15, -0.1) is 0 Å². The molecule has 0 saturated carbocycles. The molecule has 0 aliphatic carbocycles. The van der Waals surface area contributed by atoms with Crippen molar-refractivity contribution >= 4 is 17.4 Å². The molecule has 1 rings (SSSR count). The average Bonchev–Trinajstić information content (AvgIpc) is 2.15. The van der Waals surface area contributed by atoms with E-state index in [-0.39, 0.29) is 23.6 Å². The van der Waals surface area contributed by atoms with E-state index in [1.807, 2.05) is 0 Å². The van der Waals surface area contributed by atoms with E-state index in [9.17, 15) is 9.59 Å². The van der Waals surface area contributed by atoms with E-state index in [1.165, 1.54) is 18.2 Å². The van der Waals surface area contributed by atoms with E-state index < -0.39 is 5.97 Å². The molecule has 0 aliphatic heterocycles. The van der Waals surface area contributed by atoms with Gasteiger partial charge in [0.25, 0.3) is 0 Å². The summed E-state index contributed by atoms with van der Waals surface area (Å²) in [4.78, 5) is 21.7. The Balaban J connectivity index is 3.12. The number of nitrogens with two attached hydrogens (primary N) is 2. The average molecular weight is 194 g/mol. The summed E-state index contributed by atoms with van der Waals surface area (Å²) in [5, 5.41) is 8.66. The molecule has 0 spiro atoms. The van der Waals surface area contributed by atoms with Crippen molar-refractivity contribution in [3.63, 3.8) is 0 Å². The second-order valence-corrected chi connectivity index (χ2v) is 2.73. The molecule has 74 valence electrons. The van der Waals surface area contributed by atoms with Crippen LogP contribution in [0.5, 0.6) is 0 Å². The predicted octanol–water partition coefficient (Wildman–Crippen LogP) is 0.108. The zero-order valence-corrected chi connectivity index (χ0v) is 7.36. The Kier molecular flexibility index (Phi) is 2.83. The van der Waals surface area contributed by atoms with Gasteiger partial charge >= 0.3 is 5.97 Å². The topological polar surface area (TPSA) is 106 Å². The van der Waals surface area contributed by atoms with E-state index in [0.29, 0.717) is 5.56 Å². The molecule has 1 aromatic rings. The molecule has 5 nitrogen and oxygen atoms in total. The van der Waals surface area contributed by atoms with Crippen molar-refractivity contribution < 1.29 is 14.7 Å². The van der Waals surface area contributed by atoms with Gasteiger partial charge in [0.15, 0.2) is 5.78 Å². The lowest BCUT2D eigenvalue weighted by atomic mass is 10.1. The van der Waals surface area contributed by atoms with Gasteiger partial charge in [-0.25, -0.2) is 4.79 Å². The number of hydrogen-bond donors (Lipinski definition) is 3. The van der Waals surface area contributed by atoms with E-state index in [1.54, 1.807) is 0 Å². The Morgan fingerprint density at radius 3 is 2.43 bits per heavy atom. The van der Waals surface area contributed by atoms with Crippen LogP contribution in [0.15, 0.2) is 18.2 Å². The Morgan fingerprint density at radius 2 is 2.00 bits per heavy atom. The number of aromatic carboxylic acids is 1. The van der Waals surface area contributed by atoms with E-state index in [4.69, 9.17) is 16.6 Å². The summed E-state index contributed by atoms with van der Waals surface area (Å²) in [5.41, 5.74) is 11.0. The molecule has 0 radical (unpaired) electrons. The lowest BCUT2D eigenvalue weighted by molar-refractivity contribution is 0.0697. The Labute approximate surface area is 80.3 Å². The zero-order valence-electron chi connectivity index (χ0n) is 7.36. The molecule has 0 fully saturated rings. The maximum Gasteiger partial charge on any atom is 0.337 e. The Hall–Kier alpha value is -1.88. The summed E-state index contributed by atoms with van der Waals surface area (Å²) in [6, 6.07) is 4.01. The third-order valence-electron chi connectivity index (χ3n) is 1.79. The number of carboxylic acid groups (broad SMARTS) is 1. The van der Waals surface area contributed by atoms with Crippen molar-refractivity contribution in [2.24, 2.45) is 5.73 Å². The fourth-order valence-corrected chi connectivity index (χ4v) is 1.05. The van der Waals surface area contributed by atoms with Crippen LogP contribution in [-0.4, -0.2) is 23.4 Å². The SMILES string of the molecule is NCC(=O)c1ccc(C(=O)O)c(N)c1. The molecule has 0 unspecified atom stereocenters. The minimum atomic E-state index is -1.12. The predicted molar refractivity (Wildman–Crippen MR) is 51.2 cm³/mol. The number of nitrogen functional groups attached to an aromatic ring is 1. The molecule has 0 heterocycles. The standard InChI is InChI=1S/C9H10N2O3/c10-4-8(12)5-1-2-6(9(13)14)7(11)3-5/h1-3H,4,10-11H2,(H,13,14). The summed E-state index contributed by atoms with van der Waals surface area (Å²) in [6.45, 7) is -0.119. The lowest BCUT2D eigenvalue weighted by Crippen LogP contribution is -2.14. The van der Waals surface area contributed by atoms with E-state index in [0.717, 1.165) is 0 Å². The normalized spacial score (nSPS) is 9.79. The van der Waals surface area contributed by atoms with Crippen LogP contribution in [0.1, 0.15) is 20.7 Å². The van der Waals surface area contributed by atoms with Crippen molar-refractivity contribution in [3.05, 3.63) is 29.3 Å². The van der Waals surface area contributed by atoms with Crippen molar-refractivity contribution in [1.29, 1.82) is 0 Å². The maximum atomic E-state index is 11.1. The van der Waals surface area contributed by atoms with E-state index >= 15 is 0 Å². The number of carbonyl (C=O) groups is 2. The zero-order chi connectivity index (χ0) is 10.7. The van der Waals surface area contributed by atoms with Crippen LogP contribution >= 0.6 is 0 Å². The van der Waals surface area contributed by atoms with Crippen LogP contribution in [0.3, 0.4) is 0 Å². The number of anilines is 1. The molecular weight excluding hydrogens is 184 g/mol. The number of hydrogen-bond acceptors (Lipinski definition) is 4. The maximum absolute atomic E-state index is 11.1. The number of ketones is 1. The highest BCUT2D eigenvalue weighted by molar-refractivity contribution is 6.01. The minimum Gasteiger partial charge on any atom is -0.478 e. The highest BCUT2D eigenvalue weighted by Gasteiger charge is 2.10. The van der Waals surface area contributed by atoms with Crippen LogP contribution in [0.2, 0.25) is 0 Å². The van der Waals surface area contributed by atoms with Crippen molar-refractivity contribution in [2.45, 2.75) is 0 Å². The summed E-state index contributed by atoms with van der Waals surface area (Å²) in [7, 11) is 0. The third kappa shape index (κ3) is 1.89. The van der Waals surface area contributed by atoms with Crippen LogP contribution < -0.4 is 11.5 Å². The van der Waals surface area contributed by atoms with Gasteiger partial charge in [-0.1, -0.05) is 6.07 Å². The monoisotopic (exact) mass is 194 g/mol. The van der Waals surface area contributed by atoms with Crippen molar-refractivity contribution in [1.82, 2.24) is 0 Å². The van der Waals surface area contributed by atoms with E-state index in [2.05, 4.69) is 0 Å². The summed E-state index contributed by atoms with van der Waals surface area (Å²) in [6.07, 6.45) is 0. The molecule has 0 atom stereocenters. The van der Waals surface area contributed by atoms with Gasteiger partial charge in [-0.2, -0.15) is 0 Å². The first-order valence-electron chi connectivity index (χ1n) is 3.92. The second-order valence-electron chi connectivity index (χ2n) is 2.73. The molecule has 5 heteroatoms. The van der Waals surface area contributed by atoms with Crippen LogP contribution in [0.4, 0.5) is 5.69 Å². The smallest absolute Gasteiger partial charge is 0.337 e. The van der Waals surface area contributed by atoms with Crippen LogP contribution in [-0.2, 0) is 0 Å². The first-order chi connectivity index (χ1) is 6.56. The molecule has 5 N–H and O–H groups in total. The fraction of sp³-hybridized carbons (Fsp3) is 0.111.